The molecule has 0 spiro atoms. The minimum atomic E-state index is -0.247. The molecular formula is C17H24N4O2. The molecule has 1 aliphatic heterocycles. The van der Waals surface area contributed by atoms with E-state index in [1.165, 1.54) is 6.33 Å². The van der Waals surface area contributed by atoms with E-state index in [1.807, 2.05) is 26.8 Å². The highest BCUT2D eigenvalue weighted by atomic mass is 16.5. The van der Waals surface area contributed by atoms with Crippen LogP contribution in [0.3, 0.4) is 0 Å². The van der Waals surface area contributed by atoms with E-state index < -0.39 is 0 Å². The summed E-state index contributed by atoms with van der Waals surface area (Å²) in [6.45, 7) is 7.20. The number of hydrogen-bond donors (Lipinski definition) is 1. The summed E-state index contributed by atoms with van der Waals surface area (Å²) < 4.78 is 5.47. The van der Waals surface area contributed by atoms with E-state index in [0.29, 0.717) is 6.54 Å². The molecule has 0 radical (unpaired) electrons. The Balaban J connectivity index is 1.99. The van der Waals surface area contributed by atoms with Crippen LogP contribution in [-0.2, 0) is 9.53 Å². The number of anilines is 1. The third-order valence-electron chi connectivity index (χ3n) is 3.62. The van der Waals surface area contributed by atoms with E-state index in [0.717, 1.165) is 18.8 Å². The van der Waals surface area contributed by atoms with Gasteiger partial charge in [0.25, 0.3) is 5.91 Å². The number of carbonyl (C=O) groups excluding carboxylic acids is 1. The van der Waals surface area contributed by atoms with Gasteiger partial charge in [0.1, 0.15) is 12.1 Å². The summed E-state index contributed by atoms with van der Waals surface area (Å²) >= 11 is 0. The topological polar surface area (TPSA) is 67.3 Å². The van der Waals surface area contributed by atoms with Crippen LogP contribution < -0.4 is 10.2 Å². The summed E-state index contributed by atoms with van der Waals surface area (Å²) in [4.78, 5) is 22.3. The van der Waals surface area contributed by atoms with Gasteiger partial charge in [-0.2, -0.15) is 0 Å². The van der Waals surface area contributed by atoms with E-state index in [4.69, 9.17) is 4.74 Å². The van der Waals surface area contributed by atoms with Crippen molar-refractivity contribution in [2.45, 2.75) is 39.3 Å². The van der Waals surface area contributed by atoms with E-state index in [1.54, 1.807) is 13.3 Å². The lowest BCUT2D eigenvalue weighted by atomic mass is 9.98. The molecule has 0 aromatic carbocycles. The van der Waals surface area contributed by atoms with Crippen molar-refractivity contribution in [3.8, 4) is 11.8 Å². The van der Waals surface area contributed by atoms with Gasteiger partial charge in [0.05, 0.1) is 12.1 Å². The molecule has 0 unspecified atom stereocenters. The Morgan fingerprint density at radius 3 is 2.91 bits per heavy atom. The van der Waals surface area contributed by atoms with Crippen molar-refractivity contribution >= 4 is 11.7 Å². The Morgan fingerprint density at radius 2 is 2.30 bits per heavy atom. The van der Waals surface area contributed by atoms with E-state index >= 15 is 0 Å². The quantitative estimate of drug-likeness (QED) is 0.847. The van der Waals surface area contributed by atoms with Crippen LogP contribution in [0, 0.1) is 17.3 Å². The molecule has 124 valence electrons. The highest BCUT2D eigenvalue weighted by Crippen LogP contribution is 2.24. The molecule has 1 aromatic heterocycles. The molecule has 0 bridgehead atoms. The molecule has 0 aliphatic carbocycles. The Labute approximate surface area is 137 Å². The highest BCUT2D eigenvalue weighted by Gasteiger charge is 2.33. The first-order chi connectivity index (χ1) is 10.9. The van der Waals surface area contributed by atoms with Crippen LogP contribution in [-0.4, -0.2) is 48.2 Å². The predicted molar refractivity (Wildman–Crippen MR) is 88.8 cm³/mol. The third-order valence-corrected chi connectivity index (χ3v) is 3.62. The van der Waals surface area contributed by atoms with Crippen molar-refractivity contribution in [2.75, 3.05) is 25.1 Å². The fraction of sp³-hybridized carbons (Fsp3) is 0.588. The average molecular weight is 316 g/mol. The van der Waals surface area contributed by atoms with Crippen molar-refractivity contribution in [3.05, 3.63) is 18.6 Å². The van der Waals surface area contributed by atoms with E-state index in [-0.39, 0.29) is 23.5 Å². The first kappa shape index (κ1) is 17.2. The number of aromatic nitrogens is 2. The van der Waals surface area contributed by atoms with Gasteiger partial charge in [0.15, 0.2) is 0 Å². The first-order valence-corrected chi connectivity index (χ1v) is 7.75. The number of amides is 1. The summed E-state index contributed by atoms with van der Waals surface area (Å²) in [5.74, 6) is 6.19. The zero-order chi connectivity index (χ0) is 16.9. The lowest BCUT2D eigenvalue weighted by molar-refractivity contribution is -0.115. The zero-order valence-electron chi connectivity index (χ0n) is 14.2. The number of hydrogen-bond acceptors (Lipinski definition) is 5. The van der Waals surface area contributed by atoms with Crippen molar-refractivity contribution < 1.29 is 9.53 Å². The molecule has 23 heavy (non-hydrogen) atoms. The summed E-state index contributed by atoms with van der Waals surface area (Å²) in [6.07, 6.45) is 4.22. The Morgan fingerprint density at radius 1 is 1.52 bits per heavy atom. The predicted octanol–water partition coefficient (Wildman–Crippen LogP) is 1.24. The van der Waals surface area contributed by atoms with Gasteiger partial charge >= 0.3 is 0 Å². The molecule has 1 amide bonds. The maximum absolute atomic E-state index is 11.9. The normalized spacial score (nSPS) is 20.8. The molecule has 6 heteroatoms. The van der Waals surface area contributed by atoms with Crippen LogP contribution in [0.25, 0.3) is 0 Å². The van der Waals surface area contributed by atoms with E-state index in [2.05, 4.69) is 32.0 Å². The zero-order valence-corrected chi connectivity index (χ0v) is 14.2. The molecule has 2 atom stereocenters. The molecule has 2 rings (SSSR count). The Bertz CT molecular complexity index is 586. The highest BCUT2D eigenvalue weighted by molar-refractivity contribution is 5.93. The molecule has 1 aromatic rings. The molecule has 2 heterocycles. The van der Waals surface area contributed by atoms with Gasteiger partial charge in [-0.1, -0.05) is 5.92 Å². The van der Waals surface area contributed by atoms with Crippen molar-refractivity contribution in [2.24, 2.45) is 5.41 Å². The van der Waals surface area contributed by atoms with Gasteiger partial charge in [-0.15, -0.1) is 0 Å². The average Bonchev–Trinajstić information content (AvgIpc) is 2.94. The molecule has 1 fully saturated rings. The van der Waals surface area contributed by atoms with Gasteiger partial charge in [-0.25, -0.2) is 9.97 Å². The molecule has 6 nitrogen and oxygen atoms in total. The summed E-state index contributed by atoms with van der Waals surface area (Å²) in [7, 11) is 1.71. The maximum Gasteiger partial charge on any atom is 0.295 e. The number of rotatable bonds is 4. The number of methoxy groups -OCH3 is 1. The SMILES string of the molecule is CO[C@@H]1C[C@H](CNC(=O)C#CC(C)(C)C)N(c2ccncn2)C1. The van der Waals surface area contributed by atoms with Crippen molar-refractivity contribution in [1.82, 2.24) is 15.3 Å². The summed E-state index contributed by atoms with van der Waals surface area (Å²) in [5, 5.41) is 2.89. The lowest BCUT2D eigenvalue weighted by Crippen LogP contribution is -2.40. The fourth-order valence-corrected chi connectivity index (χ4v) is 2.47. The standard InChI is InChI=1S/C17H24N4O2/c1-17(2,3)7-5-16(22)19-10-13-9-14(23-4)11-21(13)15-6-8-18-12-20-15/h6,8,12-14H,9-11H2,1-4H3,(H,19,22)/t13-,14-/m1/s1. The Hall–Kier alpha value is -2.13. The van der Waals surface area contributed by atoms with Gasteiger partial charge in [-0.3, -0.25) is 4.79 Å². The number of carbonyl (C=O) groups is 1. The molecule has 1 N–H and O–H groups in total. The van der Waals surface area contributed by atoms with Gasteiger partial charge in [0.2, 0.25) is 0 Å². The number of nitrogens with zero attached hydrogens (tertiary/aromatic N) is 3. The largest absolute Gasteiger partial charge is 0.380 e. The van der Waals surface area contributed by atoms with Crippen molar-refractivity contribution in [1.29, 1.82) is 0 Å². The van der Waals surface area contributed by atoms with Crippen LogP contribution in [0.15, 0.2) is 18.6 Å². The van der Waals surface area contributed by atoms with Gasteiger partial charge in [-0.05, 0) is 39.2 Å². The molecule has 0 saturated carbocycles. The maximum atomic E-state index is 11.9. The van der Waals surface area contributed by atoms with Gasteiger partial charge < -0.3 is 15.0 Å². The Kier molecular flexibility index (Phi) is 5.56. The second-order valence-electron chi connectivity index (χ2n) is 6.68. The van der Waals surface area contributed by atoms with Crippen LogP contribution >= 0.6 is 0 Å². The van der Waals surface area contributed by atoms with Crippen molar-refractivity contribution in [3.63, 3.8) is 0 Å². The summed E-state index contributed by atoms with van der Waals surface area (Å²) in [5.41, 5.74) is -0.182. The minimum absolute atomic E-state index is 0.132. The summed E-state index contributed by atoms with van der Waals surface area (Å²) in [6, 6.07) is 2.00. The van der Waals surface area contributed by atoms with Crippen LogP contribution in [0.2, 0.25) is 0 Å². The van der Waals surface area contributed by atoms with Crippen LogP contribution in [0.5, 0.6) is 0 Å². The second kappa shape index (κ2) is 7.42. The van der Waals surface area contributed by atoms with Crippen LogP contribution in [0.4, 0.5) is 5.82 Å². The number of ether oxygens (including phenoxy) is 1. The lowest BCUT2D eigenvalue weighted by Gasteiger charge is -2.25. The monoisotopic (exact) mass is 316 g/mol. The molecule has 1 saturated heterocycles. The molecular weight excluding hydrogens is 292 g/mol. The van der Waals surface area contributed by atoms with Crippen LogP contribution in [0.1, 0.15) is 27.2 Å². The smallest absolute Gasteiger partial charge is 0.295 e. The second-order valence-corrected chi connectivity index (χ2v) is 6.68. The fourth-order valence-electron chi connectivity index (χ4n) is 2.47. The van der Waals surface area contributed by atoms with Gasteiger partial charge in [0, 0.05) is 31.8 Å². The number of nitrogens with one attached hydrogen (secondary N) is 1. The first-order valence-electron chi connectivity index (χ1n) is 7.75. The third kappa shape index (κ3) is 5.22. The van der Waals surface area contributed by atoms with E-state index in [9.17, 15) is 4.79 Å². The minimum Gasteiger partial charge on any atom is -0.380 e. The molecule has 1 aliphatic rings.